The lowest BCUT2D eigenvalue weighted by Gasteiger charge is -2.26. The Morgan fingerprint density at radius 3 is 2.38 bits per heavy atom. The quantitative estimate of drug-likeness (QED) is 0.625. The minimum absolute atomic E-state index is 0.00144. The molecule has 1 aliphatic rings. The van der Waals surface area contributed by atoms with E-state index in [1.54, 1.807) is 0 Å². The van der Waals surface area contributed by atoms with Gasteiger partial charge in [-0.05, 0) is 30.3 Å². The number of halogens is 4. The second kappa shape index (κ2) is 6.62. The summed E-state index contributed by atoms with van der Waals surface area (Å²) in [4.78, 5) is 25.6. The molecule has 1 aliphatic heterocycles. The molecule has 2 atom stereocenters. The van der Waals surface area contributed by atoms with Gasteiger partial charge in [0.2, 0.25) is 5.91 Å². The molecule has 1 fully saturated rings. The molecular formula is C16H16F4N2O2. The van der Waals surface area contributed by atoms with Gasteiger partial charge in [-0.25, -0.2) is 4.39 Å². The van der Waals surface area contributed by atoms with Crippen molar-refractivity contribution in [1.29, 1.82) is 0 Å². The van der Waals surface area contributed by atoms with Crippen LogP contribution in [0.25, 0.3) is 0 Å². The molecule has 1 aromatic rings. The minimum Gasteiger partial charge on any atom is -0.324 e. The topological polar surface area (TPSA) is 40.6 Å². The summed E-state index contributed by atoms with van der Waals surface area (Å²) in [5.41, 5.74) is 0.454. The van der Waals surface area contributed by atoms with Gasteiger partial charge in [-0.3, -0.25) is 9.59 Å². The number of amides is 2. The SMILES string of the molecule is C=CC(=O)N(C)c1ccc(C(=O)N2C[C@H](F)C[C@H]2C(F)(F)F)cc1. The van der Waals surface area contributed by atoms with E-state index in [2.05, 4.69) is 6.58 Å². The Labute approximate surface area is 136 Å². The molecule has 0 radical (unpaired) electrons. The number of rotatable bonds is 3. The van der Waals surface area contributed by atoms with Crippen molar-refractivity contribution in [3.8, 4) is 0 Å². The van der Waals surface area contributed by atoms with E-state index in [1.807, 2.05) is 0 Å². The van der Waals surface area contributed by atoms with Crippen LogP contribution in [0.2, 0.25) is 0 Å². The molecule has 130 valence electrons. The highest BCUT2D eigenvalue weighted by atomic mass is 19.4. The van der Waals surface area contributed by atoms with Crippen molar-refractivity contribution in [2.24, 2.45) is 0 Å². The number of carbonyl (C=O) groups is 2. The number of nitrogens with zero attached hydrogens (tertiary/aromatic N) is 2. The maximum absolute atomic E-state index is 13.4. The summed E-state index contributed by atoms with van der Waals surface area (Å²) in [6, 6.07) is 3.36. The standard InChI is InChI=1S/C16H16F4N2O2/c1-3-14(23)21(2)12-6-4-10(5-7-12)15(24)22-9-11(17)8-13(22)16(18,19)20/h3-7,11,13H,1,8-9H2,2H3/t11-,13+/m1/s1. The Hall–Kier alpha value is -2.38. The Balaban J connectivity index is 2.21. The third kappa shape index (κ3) is 3.58. The molecule has 2 rings (SSSR count). The van der Waals surface area contributed by atoms with Crippen LogP contribution in [0.15, 0.2) is 36.9 Å². The van der Waals surface area contributed by atoms with Gasteiger partial charge in [0.15, 0.2) is 0 Å². The monoisotopic (exact) mass is 344 g/mol. The zero-order chi connectivity index (χ0) is 18.1. The van der Waals surface area contributed by atoms with E-state index in [4.69, 9.17) is 0 Å². The average molecular weight is 344 g/mol. The van der Waals surface area contributed by atoms with Crippen molar-refractivity contribution in [1.82, 2.24) is 4.90 Å². The highest BCUT2D eigenvalue weighted by molar-refractivity contribution is 6.01. The smallest absolute Gasteiger partial charge is 0.324 e. The van der Waals surface area contributed by atoms with Gasteiger partial charge in [-0.1, -0.05) is 6.58 Å². The summed E-state index contributed by atoms with van der Waals surface area (Å²) >= 11 is 0. The maximum atomic E-state index is 13.4. The molecule has 2 amide bonds. The predicted molar refractivity (Wildman–Crippen MR) is 80.4 cm³/mol. The Kier molecular flexibility index (Phi) is 4.96. The molecule has 0 bridgehead atoms. The number of anilines is 1. The van der Waals surface area contributed by atoms with Crippen LogP contribution < -0.4 is 4.90 Å². The number of carbonyl (C=O) groups excluding carboxylic acids is 2. The van der Waals surface area contributed by atoms with E-state index in [1.165, 1.54) is 36.2 Å². The van der Waals surface area contributed by atoms with Crippen molar-refractivity contribution in [3.05, 3.63) is 42.5 Å². The number of likely N-dealkylation sites (N-methyl/N-ethyl adjacent to an activating group) is 1. The van der Waals surface area contributed by atoms with Gasteiger partial charge < -0.3 is 9.80 Å². The molecular weight excluding hydrogens is 328 g/mol. The van der Waals surface area contributed by atoms with Gasteiger partial charge in [-0.15, -0.1) is 0 Å². The second-order valence-corrected chi connectivity index (χ2v) is 5.50. The van der Waals surface area contributed by atoms with Crippen molar-refractivity contribution in [3.63, 3.8) is 0 Å². The minimum atomic E-state index is -4.67. The molecule has 1 aromatic carbocycles. The Morgan fingerprint density at radius 2 is 1.88 bits per heavy atom. The molecule has 1 saturated heterocycles. The molecule has 0 aromatic heterocycles. The summed E-state index contributed by atoms with van der Waals surface area (Å²) < 4.78 is 52.2. The van der Waals surface area contributed by atoms with Crippen LogP contribution in [0.1, 0.15) is 16.8 Å². The zero-order valence-electron chi connectivity index (χ0n) is 12.9. The molecule has 0 saturated carbocycles. The first kappa shape index (κ1) is 18.0. The summed E-state index contributed by atoms with van der Waals surface area (Å²) in [5.74, 6) is -1.26. The van der Waals surface area contributed by atoms with Crippen molar-refractivity contribution < 1.29 is 27.2 Å². The van der Waals surface area contributed by atoms with Gasteiger partial charge >= 0.3 is 6.18 Å². The molecule has 1 heterocycles. The predicted octanol–water partition coefficient (Wildman–Crippen LogP) is 2.95. The lowest BCUT2D eigenvalue weighted by Crippen LogP contribution is -2.44. The third-order valence-corrected chi connectivity index (χ3v) is 3.90. The lowest BCUT2D eigenvalue weighted by molar-refractivity contribution is -0.170. The van der Waals surface area contributed by atoms with Gasteiger partial charge in [0.1, 0.15) is 12.2 Å². The van der Waals surface area contributed by atoms with Crippen LogP contribution in [-0.2, 0) is 4.79 Å². The highest BCUT2D eigenvalue weighted by Gasteiger charge is 2.51. The van der Waals surface area contributed by atoms with E-state index in [-0.39, 0.29) is 11.5 Å². The fraction of sp³-hybridized carbons (Fsp3) is 0.375. The lowest BCUT2D eigenvalue weighted by atomic mass is 10.1. The van der Waals surface area contributed by atoms with Crippen LogP contribution in [0.4, 0.5) is 23.2 Å². The molecule has 8 heteroatoms. The number of likely N-dealkylation sites (tertiary alicyclic amines) is 1. The van der Waals surface area contributed by atoms with E-state index in [0.717, 1.165) is 6.08 Å². The molecule has 0 spiro atoms. The van der Waals surface area contributed by atoms with Crippen molar-refractivity contribution in [2.45, 2.75) is 24.8 Å². The highest BCUT2D eigenvalue weighted by Crippen LogP contribution is 2.34. The largest absolute Gasteiger partial charge is 0.408 e. The first-order chi connectivity index (χ1) is 11.1. The van der Waals surface area contributed by atoms with Crippen molar-refractivity contribution in [2.75, 3.05) is 18.5 Å². The maximum Gasteiger partial charge on any atom is 0.408 e. The van der Waals surface area contributed by atoms with Gasteiger partial charge in [-0.2, -0.15) is 13.2 Å². The Bertz CT molecular complexity index is 642. The van der Waals surface area contributed by atoms with Crippen LogP contribution >= 0.6 is 0 Å². The average Bonchev–Trinajstić information content (AvgIpc) is 2.95. The van der Waals surface area contributed by atoms with Gasteiger partial charge in [0.25, 0.3) is 5.91 Å². The summed E-state index contributed by atoms with van der Waals surface area (Å²) in [7, 11) is 1.49. The van der Waals surface area contributed by atoms with Crippen LogP contribution in [0.5, 0.6) is 0 Å². The Morgan fingerprint density at radius 1 is 1.29 bits per heavy atom. The third-order valence-electron chi connectivity index (χ3n) is 3.90. The van der Waals surface area contributed by atoms with E-state index in [9.17, 15) is 27.2 Å². The summed E-state index contributed by atoms with van der Waals surface area (Å²) in [5, 5.41) is 0. The van der Waals surface area contributed by atoms with Crippen LogP contribution in [0, 0.1) is 0 Å². The molecule has 0 N–H and O–H groups in total. The molecule has 4 nitrogen and oxygen atoms in total. The number of hydrogen-bond acceptors (Lipinski definition) is 2. The first-order valence-electron chi connectivity index (χ1n) is 7.17. The van der Waals surface area contributed by atoms with E-state index < -0.39 is 37.3 Å². The second-order valence-electron chi connectivity index (χ2n) is 5.50. The van der Waals surface area contributed by atoms with Gasteiger partial charge in [0.05, 0.1) is 6.54 Å². The number of alkyl halides is 4. The number of hydrogen-bond donors (Lipinski definition) is 0. The zero-order valence-corrected chi connectivity index (χ0v) is 12.9. The van der Waals surface area contributed by atoms with Crippen molar-refractivity contribution >= 4 is 17.5 Å². The normalized spacial score (nSPS) is 20.8. The van der Waals surface area contributed by atoms with E-state index in [0.29, 0.717) is 10.6 Å². The molecule has 24 heavy (non-hydrogen) atoms. The fourth-order valence-corrected chi connectivity index (χ4v) is 2.58. The molecule has 0 aliphatic carbocycles. The summed E-state index contributed by atoms with van der Waals surface area (Å²) in [6.45, 7) is 2.77. The summed E-state index contributed by atoms with van der Waals surface area (Å²) in [6.07, 6.45) is -6.01. The van der Waals surface area contributed by atoms with Crippen LogP contribution in [-0.4, -0.2) is 48.7 Å². The van der Waals surface area contributed by atoms with Gasteiger partial charge in [0, 0.05) is 24.7 Å². The fourth-order valence-electron chi connectivity index (χ4n) is 2.58. The van der Waals surface area contributed by atoms with E-state index >= 15 is 0 Å². The number of benzene rings is 1. The van der Waals surface area contributed by atoms with Crippen LogP contribution in [0.3, 0.4) is 0 Å². The first-order valence-corrected chi connectivity index (χ1v) is 7.17. The molecule has 0 unspecified atom stereocenters.